The SMILES string of the molecule is CC(=O)c1ccc(-c2ccc(C(=O)OC(C)C(=O)NC(=O)NC3CCCC3)o2)cc1. The molecule has 0 spiro atoms. The zero-order valence-corrected chi connectivity index (χ0v) is 16.9. The number of nitrogens with one attached hydrogen (secondary N) is 2. The van der Waals surface area contributed by atoms with E-state index in [-0.39, 0.29) is 17.6 Å². The van der Waals surface area contributed by atoms with Crippen molar-refractivity contribution >= 4 is 23.7 Å². The van der Waals surface area contributed by atoms with E-state index >= 15 is 0 Å². The number of urea groups is 1. The maximum absolute atomic E-state index is 12.3. The molecule has 2 N–H and O–H groups in total. The van der Waals surface area contributed by atoms with Gasteiger partial charge in [0.2, 0.25) is 5.76 Å². The minimum atomic E-state index is -1.17. The first kappa shape index (κ1) is 21.3. The van der Waals surface area contributed by atoms with E-state index in [0.717, 1.165) is 25.7 Å². The van der Waals surface area contributed by atoms with Gasteiger partial charge in [-0.2, -0.15) is 0 Å². The lowest BCUT2D eigenvalue weighted by molar-refractivity contribution is -0.128. The van der Waals surface area contributed by atoms with Gasteiger partial charge in [-0.1, -0.05) is 37.1 Å². The summed E-state index contributed by atoms with van der Waals surface area (Å²) in [5.74, 6) is -1.24. The van der Waals surface area contributed by atoms with Crippen LogP contribution in [0, 0.1) is 0 Å². The van der Waals surface area contributed by atoms with Gasteiger partial charge in [-0.15, -0.1) is 0 Å². The van der Waals surface area contributed by atoms with E-state index in [9.17, 15) is 19.2 Å². The molecule has 3 rings (SSSR count). The molecule has 1 aliphatic carbocycles. The predicted molar refractivity (Wildman–Crippen MR) is 108 cm³/mol. The number of rotatable bonds is 6. The minimum absolute atomic E-state index is 0.0468. The molecule has 0 saturated heterocycles. The molecule has 1 atom stereocenters. The van der Waals surface area contributed by atoms with Crippen molar-refractivity contribution < 1.29 is 28.3 Å². The smallest absolute Gasteiger partial charge is 0.375 e. The quantitative estimate of drug-likeness (QED) is 0.555. The Kier molecular flexibility index (Phi) is 6.66. The lowest BCUT2D eigenvalue weighted by Crippen LogP contribution is -2.47. The normalized spacial score (nSPS) is 14.7. The number of ether oxygens (including phenoxy) is 1. The summed E-state index contributed by atoms with van der Waals surface area (Å²) in [4.78, 5) is 47.6. The van der Waals surface area contributed by atoms with Crippen LogP contribution in [0.15, 0.2) is 40.8 Å². The monoisotopic (exact) mass is 412 g/mol. The Bertz CT molecular complexity index is 941. The molecule has 1 aliphatic rings. The molecule has 0 bridgehead atoms. The Balaban J connectivity index is 1.54. The highest BCUT2D eigenvalue weighted by atomic mass is 16.6. The summed E-state index contributed by atoms with van der Waals surface area (Å²) >= 11 is 0. The number of amides is 3. The Morgan fingerprint density at radius 2 is 1.70 bits per heavy atom. The molecule has 0 aliphatic heterocycles. The number of hydrogen-bond donors (Lipinski definition) is 2. The topological polar surface area (TPSA) is 115 Å². The van der Waals surface area contributed by atoms with Crippen LogP contribution in [-0.2, 0) is 9.53 Å². The first-order valence-electron chi connectivity index (χ1n) is 9.87. The van der Waals surface area contributed by atoms with E-state index in [0.29, 0.717) is 16.9 Å². The summed E-state index contributed by atoms with van der Waals surface area (Å²) < 4.78 is 10.6. The van der Waals surface area contributed by atoms with Gasteiger partial charge < -0.3 is 14.5 Å². The zero-order valence-electron chi connectivity index (χ0n) is 16.9. The Labute approximate surface area is 174 Å². The second-order valence-corrected chi connectivity index (χ2v) is 7.29. The lowest BCUT2D eigenvalue weighted by Gasteiger charge is -2.15. The Morgan fingerprint density at radius 1 is 1.03 bits per heavy atom. The first-order valence-corrected chi connectivity index (χ1v) is 9.87. The number of ketones is 1. The van der Waals surface area contributed by atoms with Crippen LogP contribution in [0.25, 0.3) is 11.3 Å². The minimum Gasteiger partial charge on any atom is -0.449 e. The van der Waals surface area contributed by atoms with Crippen molar-refractivity contribution in [3.05, 3.63) is 47.7 Å². The van der Waals surface area contributed by atoms with E-state index in [1.54, 1.807) is 30.3 Å². The van der Waals surface area contributed by atoms with Crippen LogP contribution in [0.4, 0.5) is 4.79 Å². The maximum Gasteiger partial charge on any atom is 0.375 e. The lowest BCUT2D eigenvalue weighted by atomic mass is 10.1. The average Bonchev–Trinajstić information content (AvgIpc) is 3.40. The fourth-order valence-electron chi connectivity index (χ4n) is 3.25. The van der Waals surface area contributed by atoms with Crippen LogP contribution < -0.4 is 10.6 Å². The van der Waals surface area contributed by atoms with E-state index in [4.69, 9.17) is 9.15 Å². The van der Waals surface area contributed by atoms with Gasteiger partial charge in [-0.25, -0.2) is 9.59 Å². The van der Waals surface area contributed by atoms with Crippen LogP contribution in [-0.4, -0.2) is 35.8 Å². The molecular weight excluding hydrogens is 388 g/mol. The number of carbonyl (C=O) groups is 4. The van der Waals surface area contributed by atoms with Gasteiger partial charge in [0.15, 0.2) is 11.9 Å². The Morgan fingerprint density at radius 3 is 2.33 bits per heavy atom. The Hall–Kier alpha value is -3.42. The standard InChI is InChI=1S/C22H24N2O6/c1-13(25)15-7-9-16(10-8-15)18-11-12-19(30-18)21(27)29-14(2)20(26)24-22(28)23-17-5-3-4-6-17/h7-12,14,17H,3-6H2,1-2H3,(H2,23,24,26,28). The molecule has 30 heavy (non-hydrogen) atoms. The number of hydrogen-bond acceptors (Lipinski definition) is 6. The van der Waals surface area contributed by atoms with Gasteiger partial charge in [-0.05, 0) is 38.8 Å². The predicted octanol–water partition coefficient (Wildman–Crippen LogP) is 3.46. The van der Waals surface area contributed by atoms with Crippen LogP contribution in [0.3, 0.4) is 0 Å². The third-order valence-corrected chi connectivity index (χ3v) is 4.96. The summed E-state index contributed by atoms with van der Waals surface area (Å²) in [6, 6.07) is 9.27. The molecule has 0 radical (unpaired) electrons. The van der Waals surface area contributed by atoms with E-state index in [1.807, 2.05) is 0 Å². The van der Waals surface area contributed by atoms with Crippen LogP contribution in [0.2, 0.25) is 0 Å². The van der Waals surface area contributed by atoms with Gasteiger partial charge in [-0.3, -0.25) is 14.9 Å². The molecule has 1 fully saturated rings. The van der Waals surface area contributed by atoms with Crippen LogP contribution in [0.1, 0.15) is 60.4 Å². The molecule has 158 valence electrons. The molecule has 1 aromatic heterocycles. The van der Waals surface area contributed by atoms with E-state index < -0.39 is 24.0 Å². The molecule has 1 saturated carbocycles. The summed E-state index contributed by atoms with van der Waals surface area (Å²) in [6.45, 7) is 2.85. The van der Waals surface area contributed by atoms with Crippen molar-refractivity contribution in [2.24, 2.45) is 0 Å². The molecule has 1 heterocycles. The highest BCUT2D eigenvalue weighted by molar-refractivity contribution is 5.98. The second kappa shape index (κ2) is 9.39. The number of Topliss-reactive ketones (excluding diaryl/α,β-unsaturated/α-hetero) is 1. The number of benzene rings is 1. The highest BCUT2D eigenvalue weighted by Gasteiger charge is 2.24. The van der Waals surface area contributed by atoms with Crippen molar-refractivity contribution in [3.63, 3.8) is 0 Å². The fraction of sp³-hybridized carbons (Fsp3) is 0.364. The van der Waals surface area contributed by atoms with Gasteiger partial charge in [0.25, 0.3) is 5.91 Å². The van der Waals surface area contributed by atoms with Gasteiger partial charge in [0.1, 0.15) is 5.76 Å². The molecule has 2 aromatic rings. The average molecular weight is 412 g/mol. The molecular formula is C22H24N2O6. The van der Waals surface area contributed by atoms with Crippen molar-refractivity contribution in [1.29, 1.82) is 0 Å². The van der Waals surface area contributed by atoms with Gasteiger partial charge >= 0.3 is 12.0 Å². The van der Waals surface area contributed by atoms with Crippen molar-refractivity contribution in [1.82, 2.24) is 10.6 Å². The number of imide groups is 1. The van der Waals surface area contributed by atoms with Crippen LogP contribution >= 0.6 is 0 Å². The third-order valence-electron chi connectivity index (χ3n) is 4.96. The van der Waals surface area contributed by atoms with E-state index in [2.05, 4.69) is 10.6 Å². The summed E-state index contributed by atoms with van der Waals surface area (Å²) in [6.07, 6.45) is 2.72. The highest BCUT2D eigenvalue weighted by Crippen LogP contribution is 2.23. The number of carbonyl (C=O) groups excluding carboxylic acids is 4. The molecule has 1 unspecified atom stereocenters. The fourth-order valence-corrected chi connectivity index (χ4v) is 3.25. The third kappa shape index (κ3) is 5.34. The van der Waals surface area contributed by atoms with Crippen molar-refractivity contribution in [2.75, 3.05) is 0 Å². The molecule has 8 nitrogen and oxygen atoms in total. The van der Waals surface area contributed by atoms with E-state index in [1.165, 1.54) is 19.9 Å². The maximum atomic E-state index is 12.3. The first-order chi connectivity index (χ1) is 14.3. The van der Waals surface area contributed by atoms with Crippen molar-refractivity contribution in [2.45, 2.75) is 51.7 Å². The largest absolute Gasteiger partial charge is 0.449 e. The molecule has 8 heteroatoms. The molecule has 1 aromatic carbocycles. The van der Waals surface area contributed by atoms with Crippen molar-refractivity contribution in [3.8, 4) is 11.3 Å². The van der Waals surface area contributed by atoms with Gasteiger partial charge in [0, 0.05) is 17.2 Å². The summed E-state index contributed by atoms with van der Waals surface area (Å²) in [5.41, 5.74) is 1.26. The summed E-state index contributed by atoms with van der Waals surface area (Å²) in [7, 11) is 0. The zero-order chi connectivity index (χ0) is 21.7. The number of furan rings is 1. The second-order valence-electron chi connectivity index (χ2n) is 7.29. The molecule has 3 amide bonds. The van der Waals surface area contributed by atoms with Crippen LogP contribution in [0.5, 0.6) is 0 Å². The summed E-state index contributed by atoms with van der Waals surface area (Å²) in [5, 5.41) is 4.92. The number of esters is 1. The van der Waals surface area contributed by atoms with Gasteiger partial charge in [0.05, 0.1) is 0 Å².